The largest absolute Gasteiger partial charge is 0.357 e. The van der Waals surface area contributed by atoms with Crippen molar-refractivity contribution < 1.29 is 22.4 Å². The van der Waals surface area contributed by atoms with E-state index < -0.39 is 40.2 Å². The van der Waals surface area contributed by atoms with Crippen molar-refractivity contribution in [3.8, 4) is 0 Å². The van der Waals surface area contributed by atoms with Gasteiger partial charge in [-0.2, -0.15) is 0 Å². The van der Waals surface area contributed by atoms with E-state index in [4.69, 9.17) is 23.2 Å². The second kappa shape index (κ2) is 14.0. The molecule has 0 aromatic heterocycles. The number of amides is 2. The first kappa shape index (κ1) is 32.0. The van der Waals surface area contributed by atoms with Crippen molar-refractivity contribution in [2.75, 3.05) is 17.9 Å². The summed E-state index contributed by atoms with van der Waals surface area (Å²) in [6.07, 6.45) is 0.110. The summed E-state index contributed by atoms with van der Waals surface area (Å²) in [6, 6.07) is 24.1. The monoisotopic (exact) mass is 641 g/mol. The van der Waals surface area contributed by atoms with E-state index in [1.807, 2.05) is 18.2 Å². The third kappa shape index (κ3) is 7.54. The molecule has 43 heavy (non-hydrogen) atoms. The fourth-order valence-electron chi connectivity index (χ4n) is 4.58. The molecule has 0 saturated heterocycles. The summed E-state index contributed by atoms with van der Waals surface area (Å²) >= 11 is 12.9. The normalized spacial score (nSPS) is 11.9. The minimum absolute atomic E-state index is 0.110. The molecular weight excluding hydrogens is 612 g/mol. The Labute approximate surface area is 260 Å². The van der Waals surface area contributed by atoms with Crippen LogP contribution < -0.4 is 9.62 Å². The predicted octanol–water partition coefficient (Wildman–Crippen LogP) is 6.02. The van der Waals surface area contributed by atoms with Gasteiger partial charge in [-0.05, 0) is 48.9 Å². The predicted molar refractivity (Wildman–Crippen MR) is 167 cm³/mol. The summed E-state index contributed by atoms with van der Waals surface area (Å²) in [5, 5.41) is 3.13. The smallest absolute Gasteiger partial charge is 0.264 e. The number of rotatable bonds is 11. The molecule has 0 spiro atoms. The molecule has 1 atom stereocenters. The number of nitrogens with one attached hydrogen (secondary N) is 1. The van der Waals surface area contributed by atoms with E-state index in [0.29, 0.717) is 5.56 Å². The molecule has 0 aliphatic carbocycles. The lowest BCUT2D eigenvalue weighted by molar-refractivity contribution is -0.139. The third-order valence-corrected chi connectivity index (χ3v) is 9.40. The second-order valence-corrected chi connectivity index (χ2v) is 12.5. The van der Waals surface area contributed by atoms with E-state index in [0.717, 1.165) is 21.5 Å². The van der Waals surface area contributed by atoms with Crippen LogP contribution in [0.4, 0.5) is 10.1 Å². The number of hydrogen-bond acceptors (Lipinski definition) is 4. The van der Waals surface area contributed by atoms with Crippen LogP contribution in [0, 0.1) is 12.7 Å². The first-order valence-electron chi connectivity index (χ1n) is 13.3. The van der Waals surface area contributed by atoms with Gasteiger partial charge in [0.05, 0.1) is 10.6 Å². The van der Waals surface area contributed by atoms with E-state index >= 15 is 4.39 Å². The van der Waals surface area contributed by atoms with Crippen LogP contribution in [0.1, 0.15) is 16.7 Å². The first-order chi connectivity index (χ1) is 20.5. The third-order valence-electron chi connectivity index (χ3n) is 6.92. The van der Waals surface area contributed by atoms with E-state index in [9.17, 15) is 18.0 Å². The second-order valence-electron chi connectivity index (χ2n) is 9.82. The molecule has 0 unspecified atom stereocenters. The zero-order valence-corrected chi connectivity index (χ0v) is 25.8. The minimum atomic E-state index is -4.43. The van der Waals surface area contributed by atoms with Crippen LogP contribution in [0.5, 0.6) is 0 Å². The average molecular weight is 643 g/mol. The molecule has 11 heteroatoms. The van der Waals surface area contributed by atoms with Gasteiger partial charge in [0.15, 0.2) is 0 Å². The molecule has 1 N–H and O–H groups in total. The molecule has 0 radical (unpaired) electrons. The zero-order valence-electron chi connectivity index (χ0n) is 23.5. The molecule has 4 aromatic carbocycles. The van der Waals surface area contributed by atoms with Crippen LogP contribution in [0.25, 0.3) is 0 Å². The van der Waals surface area contributed by atoms with Crippen molar-refractivity contribution in [2.24, 2.45) is 0 Å². The summed E-state index contributed by atoms with van der Waals surface area (Å²) in [6.45, 7) is 0.789. The Morgan fingerprint density at radius 3 is 2.07 bits per heavy atom. The van der Waals surface area contributed by atoms with Gasteiger partial charge in [0.2, 0.25) is 11.8 Å². The first-order valence-corrected chi connectivity index (χ1v) is 15.5. The van der Waals surface area contributed by atoms with Crippen molar-refractivity contribution >= 4 is 50.7 Å². The number of nitrogens with zero attached hydrogens (tertiary/aromatic N) is 2. The van der Waals surface area contributed by atoms with Gasteiger partial charge in [-0.3, -0.25) is 13.9 Å². The Hall–Kier alpha value is -3.92. The van der Waals surface area contributed by atoms with Crippen LogP contribution in [0.2, 0.25) is 10.0 Å². The highest BCUT2D eigenvalue weighted by molar-refractivity contribution is 7.92. The molecule has 2 amide bonds. The van der Waals surface area contributed by atoms with Gasteiger partial charge in [-0.25, -0.2) is 12.8 Å². The van der Waals surface area contributed by atoms with E-state index in [-0.39, 0.29) is 33.6 Å². The molecule has 0 aliphatic heterocycles. The van der Waals surface area contributed by atoms with Gasteiger partial charge < -0.3 is 10.2 Å². The highest BCUT2D eigenvalue weighted by Crippen LogP contribution is 2.30. The molecule has 7 nitrogen and oxygen atoms in total. The molecule has 0 aliphatic rings. The number of benzene rings is 4. The van der Waals surface area contributed by atoms with Crippen LogP contribution >= 0.6 is 23.2 Å². The van der Waals surface area contributed by atoms with Gasteiger partial charge in [0.1, 0.15) is 18.4 Å². The van der Waals surface area contributed by atoms with E-state index in [1.54, 1.807) is 49.4 Å². The van der Waals surface area contributed by atoms with Crippen LogP contribution in [0.3, 0.4) is 0 Å². The molecule has 0 bridgehead atoms. The fourth-order valence-corrected chi connectivity index (χ4v) is 6.52. The summed E-state index contributed by atoms with van der Waals surface area (Å²) in [5.74, 6) is -2.09. The number of para-hydroxylation sites is 1. The summed E-state index contributed by atoms with van der Waals surface area (Å²) in [4.78, 5) is 28.7. The van der Waals surface area contributed by atoms with Crippen molar-refractivity contribution in [2.45, 2.75) is 30.8 Å². The maximum Gasteiger partial charge on any atom is 0.264 e. The lowest BCUT2D eigenvalue weighted by atomic mass is 10.0. The van der Waals surface area contributed by atoms with Gasteiger partial charge in [-0.1, -0.05) is 89.4 Å². The number of anilines is 1. The molecule has 4 rings (SSSR count). The number of hydrogen-bond donors (Lipinski definition) is 1. The van der Waals surface area contributed by atoms with Crippen LogP contribution in [-0.2, 0) is 32.6 Å². The molecule has 0 fully saturated rings. The quantitative estimate of drug-likeness (QED) is 0.217. The highest BCUT2D eigenvalue weighted by atomic mass is 35.5. The summed E-state index contributed by atoms with van der Waals surface area (Å²) < 4.78 is 43.8. The van der Waals surface area contributed by atoms with E-state index in [2.05, 4.69) is 5.32 Å². The molecular formula is C32H30Cl2FN3O4S. The Morgan fingerprint density at radius 1 is 0.860 bits per heavy atom. The average Bonchev–Trinajstić information content (AvgIpc) is 2.99. The number of sulfonamides is 1. The standard InChI is InChI=1S/C32H30Cl2FN3O4S/c1-22-15-17-24(18-16-22)43(41,42)38(29-14-7-6-13-28(29)35)21-31(39)37(20-25-26(33)11-8-12-27(25)34)30(32(40)36-2)19-23-9-4-3-5-10-23/h3-18,30H,19-21H2,1-2H3,(H,36,40)/t30-/m0/s1. The topological polar surface area (TPSA) is 86.8 Å². The van der Waals surface area contributed by atoms with Crippen LogP contribution in [-0.4, -0.2) is 44.8 Å². The van der Waals surface area contributed by atoms with Gasteiger partial charge in [0, 0.05) is 35.6 Å². The molecule has 0 saturated carbocycles. The van der Waals surface area contributed by atoms with Crippen molar-refractivity contribution in [1.29, 1.82) is 0 Å². The van der Waals surface area contributed by atoms with Crippen molar-refractivity contribution in [3.05, 3.63) is 130 Å². The number of likely N-dealkylation sites (N-methyl/N-ethyl adjacent to an activating group) is 1. The lowest BCUT2D eigenvalue weighted by Crippen LogP contribution is -2.53. The van der Waals surface area contributed by atoms with E-state index in [1.165, 1.54) is 42.3 Å². The number of carbonyl (C=O) groups excluding carboxylic acids is 2. The van der Waals surface area contributed by atoms with Crippen LogP contribution in [0.15, 0.2) is 102 Å². The Balaban J connectivity index is 1.83. The van der Waals surface area contributed by atoms with Gasteiger partial charge in [-0.15, -0.1) is 0 Å². The summed E-state index contributed by atoms with van der Waals surface area (Å²) in [7, 11) is -2.98. The molecule has 0 heterocycles. The Morgan fingerprint density at radius 2 is 1.47 bits per heavy atom. The minimum Gasteiger partial charge on any atom is -0.357 e. The maximum atomic E-state index is 15.2. The SMILES string of the molecule is CNC(=O)[C@H](Cc1ccccc1)N(Cc1c(Cl)cccc1Cl)C(=O)CN(c1ccccc1F)S(=O)(=O)c1ccc(C)cc1. The Kier molecular flexibility index (Phi) is 10.4. The summed E-state index contributed by atoms with van der Waals surface area (Å²) in [5.41, 5.74) is 1.65. The maximum absolute atomic E-state index is 15.2. The number of aryl methyl sites for hydroxylation is 1. The van der Waals surface area contributed by atoms with Gasteiger partial charge in [0.25, 0.3) is 10.0 Å². The lowest BCUT2D eigenvalue weighted by Gasteiger charge is -2.34. The number of halogens is 3. The number of carbonyl (C=O) groups is 2. The van der Waals surface area contributed by atoms with Gasteiger partial charge >= 0.3 is 0 Å². The highest BCUT2D eigenvalue weighted by Gasteiger charge is 2.35. The molecule has 224 valence electrons. The van der Waals surface area contributed by atoms with Crippen molar-refractivity contribution in [1.82, 2.24) is 10.2 Å². The zero-order chi connectivity index (χ0) is 31.1. The fraction of sp³-hybridized carbons (Fsp3) is 0.188. The molecule has 4 aromatic rings. The Bertz CT molecular complexity index is 1680. The van der Waals surface area contributed by atoms with Crippen molar-refractivity contribution in [3.63, 3.8) is 0 Å².